The average molecular weight is 604 g/mol. The summed E-state index contributed by atoms with van der Waals surface area (Å²) in [5.74, 6) is -5.62. The number of primary amides is 1. The maximum absolute atomic E-state index is 12.1. The third-order valence-electron chi connectivity index (χ3n) is 4.39. The second-order valence-electron chi connectivity index (χ2n) is 7.77. The maximum Gasteiger partial charge on any atom is 0.403 e. The predicted octanol–water partition coefficient (Wildman–Crippen LogP) is -3.88. The first-order valence-corrected chi connectivity index (χ1v) is 13.5. The molecule has 0 aliphatic rings. The van der Waals surface area contributed by atoms with Crippen LogP contribution in [0.2, 0.25) is 0 Å². The van der Waals surface area contributed by atoms with Crippen LogP contribution in [-0.2, 0) is 52.0 Å². The van der Waals surface area contributed by atoms with E-state index >= 15 is 0 Å². The molecule has 232 valence electrons. The summed E-state index contributed by atoms with van der Waals surface area (Å²) >= 11 is 0. The lowest BCUT2D eigenvalue weighted by molar-refractivity contribution is -0.144. The van der Waals surface area contributed by atoms with Crippen LogP contribution in [0.15, 0.2) is 0 Å². The number of nitrogens with two attached hydrogens (primary N) is 2. The number of aliphatic carboxylic acids is 2. The van der Waals surface area contributed by atoms with E-state index in [0.717, 1.165) is 0 Å². The quantitative estimate of drug-likeness (QED) is 0.0346. The number of amides is 3. The number of carboxylic acids is 2. The molecule has 0 aliphatic carbocycles. The van der Waals surface area contributed by atoms with E-state index in [0.29, 0.717) is 39.6 Å². The van der Waals surface area contributed by atoms with E-state index in [1.54, 1.807) is 5.09 Å². The van der Waals surface area contributed by atoms with Gasteiger partial charge in [0.25, 0.3) is 0 Å². The number of ether oxygens (including phenoxy) is 4. The lowest BCUT2D eigenvalue weighted by Crippen LogP contribution is -2.46. The monoisotopic (exact) mass is 603 g/mol. The van der Waals surface area contributed by atoms with Gasteiger partial charge in [-0.05, 0) is 6.42 Å². The Labute approximate surface area is 229 Å². The lowest BCUT2D eigenvalue weighted by atomic mass is 10.2. The third kappa shape index (κ3) is 21.1. The van der Waals surface area contributed by atoms with Crippen molar-refractivity contribution in [2.75, 3.05) is 72.6 Å². The molecular formula is C20H38N5O14P. The molecule has 0 aromatic heterocycles. The van der Waals surface area contributed by atoms with Crippen molar-refractivity contribution in [1.82, 2.24) is 15.7 Å². The molecule has 0 fully saturated rings. The van der Waals surface area contributed by atoms with E-state index in [2.05, 4.69) is 9.84 Å². The summed E-state index contributed by atoms with van der Waals surface area (Å²) < 4.78 is 37.2. The van der Waals surface area contributed by atoms with Crippen LogP contribution in [0.3, 0.4) is 0 Å². The topological polar surface area (TPSA) is 297 Å². The Balaban J connectivity index is 4.21. The second-order valence-corrected chi connectivity index (χ2v) is 9.33. The second kappa shape index (κ2) is 22.0. The number of rotatable bonds is 26. The summed E-state index contributed by atoms with van der Waals surface area (Å²) in [6.45, 7) is 0.442. The highest BCUT2D eigenvalue weighted by Crippen LogP contribution is 2.38. The number of carbonyl (C=O) groups is 5. The molecule has 0 heterocycles. The summed E-state index contributed by atoms with van der Waals surface area (Å²) in [4.78, 5) is 66.8. The van der Waals surface area contributed by atoms with Crippen molar-refractivity contribution in [2.24, 2.45) is 11.5 Å². The minimum absolute atomic E-state index is 0.160. The van der Waals surface area contributed by atoms with Gasteiger partial charge in [0, 0.05) is 19.5 Å². The Morgan fingerprint density at radius 1 is 0.800 bits per heavy atom. The van der Waals surface area contributed by atoms with Crippen molar-refractivity contribution in [2.45, 2.75) is 24.9 Å². The maximum atomic E-state index is 12.1. The molecule has 0 radical (unpaired) electrons. The van der Waals surface area contributed by atoms with Gasteiger partial charge < -0.3 is 56.2 Å². The van der Waals surface area contributed by atoms with Crippen molar-refractivity contribution >= 4 is 37.4 Å². The van der Waals surface area contributed by atoms with Crippen LogP contribution >= 0.6 is 7.75 Å². The standard InChI is InChI=1S/C20H38N5O14P/c21-3-5-35-7-9-37-10-8-36-6-4-23-17(27)12-38-13-18(28)24-15(20(31)32)11-39-40(33,34)25-14(19(29)30)1-2-16(22)26/h14-15H,1-13,21H2,(H2,22,26)(H,23,27)(H,24,28)(H,29,30)(H,31,32)(H2,25,33,34)/t14-,15-/m0/s1. The lowest BCUT2D eigenvalue weighted by Gasteiger charge is -2.21. The van der Waals surface area contributed by atoms with Gasteiger partial charge in [-0.3, -0.25) is 23.7 Å². The smallest absolute Gasteiger partial charge is 0.403 e. The highest BCUT2D eigenvalue weighted by molar-refractivity contribution is 7.50. The third-order valence-corrected chi connectivity index (χ3v) is 5.52. The first-order chi connectivity index (χ1) is 18.9. The average Bonchev–Trinajstić information content (AvgIpc) is 2.87. The Bertz CT molecular complexity index is 848. The Morgan fingerprint density at radius 3 is 1.90 bits per heavy atom. The molecule has 20 heteroatoms. The molecular weight excluding hydrogens is 565 g/mol. The number of hydrogen-bond donors (Lipinski definition) is 8. The van der Waals surface area contributed by atoms with E-state index < -0.39 is 82.2 Å². The fourth-order valence-electron chi connectivity index (χ4n) is 2.53. The minimum Gasteiger partial charge on any atom is -0.480 e. The van der Waals surface area contributed by atoms with E-state index in [4.69, 9.17) is 35.5 Å². The van der Waals surface area contributed by atoms with Gasteiger partial charge in [-0.2, -0.15) is 0 Å². The number of carboxylic acid groups (broad SMARTS) is 2. The van der Waals surface area contributed by atoms with Gasteiger partial charge in [-0.15, -0.1) is 0 Å². The van der Waals surface area contributed by atoms with Crippen LogP contribution in [-0.4, -0.2) is 129 Å². The van der Waals surface area contributed by atoms with Gasteiger partial charge in [0.15, 0.2) is 6.04 Å². The predicted molar refractivity (Wildman–Crippen MR) is 134 cm³/mol. The zero-order chi connectivity index (χ0) is 30.4. The van der Waals surface area contributed by atoms with Crippen molar-refractivity contribution < 1.29 is 67.1 Å². The highest BCUT2D eigenvalue weighted by atomic mass is 31.2. The van der Waals surface area contributed by atoms with E-state index in [1.165, 1.54) is 0 Å². The summed E-state index contributed by atoms with van der Waals surface area (Å²) in [6.07, 6.45) is -0.844. The summed E-state index contributed by atoms with van der Waals surface area (Å²) in [6, 6.07) is -3.51. The van der Waals surface area contributed by atoms with E-state index in [9.17, 15) is 38.5 Å². The van der Waals surface area contributed by atoms with Gasteiger partial charge in [0.2, 0.25) is 17.7 Å². The summed E-state index contributed by atoms with van der Waals surface area (Å²) in [5, 5.41) is 24.5. The Morgan fingerprint density at radius 2 is 1.35 bits per heavy atom. The first kappa shape index (κ1) is 37.3. The van der Waals surface area contributed by atoms with Crippen molar-refractivity contribution in [1.29, 1.82) is 0 Å². The van der Waals surface area contributed by atoms with Crippen LogP contribution in [0.1, 0.15) is 12.8 Å². The molecule has 10 N–H and O–H groups in total. The van der Waals surface area contributed by atoms with E-state index in [-0.39, 0.29) is 13.2 Å². The van der Waals surface area contributed by atoms with Gasteiger partial charge in [0.1, 0.15) is 19.3 Å². The normalized spacial score (nSPS) is 14.1. The van der Waals surface area contributed by atoms with Crippen LogP contribution in [0.5, 0.6) is 0 Å². The van der Waals surface area contributed by atoms with Crippen molar-refractivity contribution in [3.05, 3.63) is 0 Å². The fourth-order valence-corrected chi connectivity index (χ4v) is 3.58. The largest absolute Gasteiger partial charge is 0.480 e. The molecule has 0 aliphatic heterocycles. The molecule has 0 aromatic rings. The molecule has 0 aromatic carbocycles. The van der Waals surface area contributed by atoms with Crippen LogP contribution in [0, 0.1) is 0 Å². The molecule has 0 spiro atoms. The van der Waals surface area contributed by atoms with Crippen molar-refractivity contribution in [3.8, 4) is 0 Å². The molecule has 0 saturated heterocycles. The Kier molecular flexibility index (Phi) is 20.5. The fraction of sp³-hybridized carbons (Fsp3) is 0.750. The molecule has 0 bridgehead atoms. The van der Waals surface area contributed by atoms with Gasteiger partial charge >= 0.3 is 19.7 Å². The SMILES string of the molecule is NCCOCCOCCOCCNC(=O)COCC(=O)N[C@@H](COP(=O)(O)N[C@@H](CCC(N)=O)C(=O)O)C(=O)O. The van der Waals surface area contributed by atoms with Gasteiger partial charge in [0.05, 0.1) is 46.2 Å². The zero-order valence-electron chi connectivity index (χ0n) is 21.8. The molecule has 40 heavy (non-hydrogen) atoms. The van der Waals surface area contributed by atoms with Gasteiger partial charge in [-0.25, -0.2) is 14.4 Å². The summed E-state index contributed by atoms with van der Waals surface area (Å²) in [7, 11) is -4.87. The first-order valence-electron chi connectivity index (χ1n) is 11.9. The molecule has 0 saturated carbocycles. The Hall–Kier alpha value is -2.74. The zero-order valence-corrected chi connectivity index (χ0v) is 22.7. The molecule has 0 rings (SSSR count). The molecule has 3 atom stereocenters. The number of carbonyl (C=O) groups excluding carboxylic acids is 3. The molecule has 19 nitrogen and oxygen atoms in total. The number of nitrogens with one attached hydrogen (secondary N) is 3. The van der Waals surface area contributed by atoms with Crippen LogP contribution < -0.4 is 27.2 Å². The summed E-state index contributed by atoms with van der Waals surface area (Å²) in [5.41, 5.74) is 10.2. The number of hydrogen-bond acceptors (Lipinski definition) is 12. The highest BCUT2D eigenvalue weighted by Gasteiger charge is 2.31. The molecule has 3 amide bonds. The van der Waals surface area contributed by atoms with Crippen LogP contribution in [0.4, 0.5) is 0 Å². The minimum atomic E-state index is -4.87. The van der Waals surface area contributed by atoms with Crippen LogP contribution in [0.25, 0.3) is 0 Å². The molecule has 1 unspecified atom stereocenters. The van der Waals surface area contributed by atoms with E-state index in [1.807, 2.05) is 5.32 Å². The van der Waals surface area contributed by atoms with Crippen molar-refractivity contribution in [3.63, 3.8) is 0 Å². The van der Waals surface area contributed by atoms with Gasteiger partial charge in [-0.1, -0.05) is 0 Å².